The van der Waals surface area contributed by atoms with Crippen LogP contribution in [-0.4, -0.2) is 48.8 Å². The highest BCUT2D eigenvalue weighted by atomic mass is 16.5. The van der Waals surface area contributed by atoms with Gasteiger partial charge in [-0.1, -0.05) is 66.7 Å². The Kier molecular flexibility index (Phi) is 5.88. The molecular formula is C29H24N6O3. The zero-order chi connectivity index (χ0) is 26.2. The Morgan fingerprint density at radius 3 is 2.50 bits per heavy atom. The first-order chi connectivity index (χ1) is 18.5. The largest absolute Gasteiger partial charge is 0.450 e. The summed E-state index contributed by atoms with van der Waals surface area (Å²) < 4.78 is 6.79. The number of hydrogen-bond donors (Lipinski definition) is 0. The van der Waals surface area contributed by atoms with Crippen molar-refractivity contribution in [1.82, 2.24) is 24.6 Å². The van der Waals surface area contributed by atoms with Crippen molar-refractivity contribution in [1.29, 1.82) is 0 Å². The Morgan fingerprint density at radius 2 is 1.68 bits per heavy atom. The van der Waals surface area contributed by atoms with Gasteiger partial charge in [-0.2, -0.15) is 10.1 Å². The number of rotatable bonds is 5. The van der Waals surface area contributed by atoms with Crippen molar-refractivity contribution in [2.45, 2.75) is 26.3 Å². The van der Waals surface area contributed by atoms with Crippen LogP contribution in [0.5, 0.6) is 0 Å². The number of esters is 1. The van der Waals surface area contributed by atoms with Crippen LogP contribution in [0.4, 0.5) is 0 Å². The van der Waals surface area contributed by atoms with E-state index in [9.17, 15) is 9.59 Å². The molecule has 9 nitrogen and oxygen atoms in total. The number of hydrogen-bond acceptors (Lipinski definition) is 7. The highest BCUT2D eigenvalue weighted by Crippen LogP contribution is 2.33. The van der Waals surface area contributed by atoms with Crippen molar-refractivity contribution in [2.75, 3.05) is 6.61 Å². The van der Waals surface area contributed by atoms with Gasteiger partial charge < -0.3 is 4.74 Å². The van der Waals surface area contributed by atoms with E-state index < -0.39 is 18.5 Å². The fourth-order valence-corrected chi connectivity index (χ4v) is 4.73. The van der Waals surface area contributed by atoms with Gasteiger partial charge in [-0.05, 0) is 47.9 Å². The van der Waals surface area contributed by atoms with E-state index in [-0.39, 0.29) is 11.9 Å². The lowest BCUT2D eigenvalue weighted by Crippen LogP contribution is -2.31. The molecular weight excluding hydrogens is 480 g/mol. The maximum Gasteiger partial charge on any atom is 0.378 e. The highest BCUT2D eigenvalue weighted by Gasteiger charge is 2.34. The van der Waals surface area contributed by atoms with Gasteiger partial charge in [0.2, 0.25) is 0 Å². The number of hydrazone groups is 1. The first kappa shape index (κ1) is 23.5. The lowest BCUT2D eigenvalue weighted by molar-refractivity contribution is -0.136. The molecule has 0 saturated heterocycles. The Balaban J connectivity index is 1.24. The molecule has 1 amide bonds. The summed E-state index contributed by atoms with van der Waals surface area (Å²) in [5.74, 6) is -1.08. The van der Waals surface area contributed by atoms with Crippen molar-refractivity contribution in [3.8, 4) is 0 Å². The van der Waals surface area contributed by atoms with E-state index >= 15 is 0 Å². The average Bonchev–Trinajstić information content (AvgIpc) is 3.57. The van der Waals surface area contributed by atoms with Crippen molar-refractivity contribution in [2.24, 2.45) is 5.10 Å². The Hall–Kier alpha value is -4.92. The van der Waals surface area contributed by atoms with Gasteiger partial charge in [-0.3, -0.25) is 4.79 Å². The van der Waals surface area contributed by atoms with Crippen LogP contribution in [0.2, 0.25) is 0 Å². The summed E-state index contributed by atoms with van der Waals surface area (Å²) in [5, 5.41) is 12.5. The topological polar surface area (TPSA) is 102 Å². The summed E-state index contributed by atoms with van der Waals surface area (Å²) in [6.45, 7) is 3.19. The molecule has 0 radical (unpaired) electrons. The molecule has 3 aromatic carbocycles. The Labute approximate surface area is 218 Å². The summed E-state index contributed by atoms with van der Waals surface area (Å²) in [7, 11) is 0. The summed E-state index contributed by atoms with van der Waals surface area (Å²) in [4.78, 5) is 34.5. The van der Waals surface area contributed by atoms with Crippen LogP contribution in [0, 0.1) is 13.8 Å². The predicted octanol–water partition coefficient (Wildman–Crippen LogP) is 4.43. The van der Waals surface area contributed by atoms with Crippen LogP contribution in [0.15, 0.2) is 84.0 Å². The molecule has 3 heterocycles. The van der Waals surface area contributed by atoms with Gasteiger partial charge in [0.05, 0.1) is 11.8 Å². The average molecular weight is 505 g/mol. The number of aryl methyl sites for hydroxylation is 2. The lowest BCUT2D eigenvalue weighted by atomic mass is 9.97. The standard InChI is InChI=1S/C29H24N6O3/c1-18-14-19(2)34-29(30-18)31-27(33-34)28(37)38-17-26(36)35-25(21-9-4-3-5-10-21)16-24(32-35)23-13-12-20-8-6-7-11-22(20)15-23/h3-15,25H,16-17H2,1-2H3/t25-/m1/s1. The zero-order valence-electron chi connectivity index (χ0n) is 20.9. The van der Waals surface area contributed by atoms with Gasteiger partial charge in [0.1, 0.15) is 0 Å². The van der Waals surface area contributed by atoms with Crippen LogP contribution < -0.4 is 0 Å². The Morgan fingerprint density at radius 1 is 0.921 bits per heavy atom. The monoisotopic (exact) mass is 504 g/mol. The summed E-state index contributed by atoms with van der Waals surface area (Å²) in [6.07, 6.45) is 0.542. The molecule has 0 aliphatic carbocycles. The second kappa shape index (κ2) is 9.51. The molecule has 38 heavy (non-hydrogen) atoms. The minimum Gasteiger partial charge on any atom is -0.450 e. The fraction of sp³-hybridized carbons (Fsp3) is 0.172. The molecule has 0 unspecified atom stereocenters. The van der Waals surface area contributed by atoms with Crippen molar-refractivity contribution < 1.29 is 14.3 Å². The third kappa shape index (κ3) is 4.39. The molecule has 0 spiro atoms. The molecule has 1 atom stereocenters. The molecule has 6 rings (SSSR count). The number of carbonyl (C=O) groups is 2. The van der Waals surface area contributed by atoms with Crippen LogP contribution in [0.25, 0.3) is 16.6 Å². The lowest BCUT2D eigenvalue weighted by Gasteiger charge is -2.21. The van der Waals surface area contributed by atoms with Gasteiger partial charge in [-0.15, -0.1) is 5.10 Å². The van der Waals surface area contributed by atoms with Gasteiger partial charge in [0.25, 0.3) is 17.5 Å². The van der Waals surface area contributed by atoms with Crippen LogP contribution in [-0.2, 0) is 9.53 Å². The second-order valence-corrected chi connectivity index (χ2v) is 9.24. The fourth-order valence-electron chi connectivity index (χ4n) is 4.73. The normalized spacial score (nSPS) is 15.2. The molecule has 9 heteroatoms. The van der Waals surface area contributed by atoms with Crippen molar-refractivity contribution >= 4 is 34.1 Å². The number of carbonyl (C=O) groups excluding carboxylic acids is 2. The van der Waals surface area contributed by atoms with E-state index in [1.807, 2.05) is 68.4 Å². The quantitative estimate of drug-likeness (QED) is 0.328. The minimum absolute atomic E-state index is 0.152. The number of fused-ring (bicyclic) bond motifs is 2. The van der Waals surface area contributed by atoms with Crippen molar-refractivity contribution in [3.63, 3.8) is 0 Å². The molecule has 0 saturated carbocycles. The summed E-state index contributed by atoms with van der Waals surface area (Å²) in [5.41, 5.74) is 4.24. The first-order valence-electron chi connectivity index (χ1n) is 12.3. The number of aromatic nitrogens is 4. The van der Waals surface area contributed by atoms with E-state index in [0.29, 0.717) is 12.2 Å². The molecule has 188 valence electrons. The van der Waals surface area contributed by atoms with E-state index in [1.165, 1.54) is 9.52 Å². The maximum absolute atomic E-state index is 13.3. The molecule has 2 aromatic heterocycles. The SMILES string of the molecule is Cc1cc(C)n2nc(C(=O)OCC(=O)N3N=C(c4ccc5ccccc5c4)C[C@@H]3c3ccccc3)nc2n1. The van der Waals surface area contributed by atoms with Gasteiger partial charge in [0.15, 0.2) is 6.61 Å². The second-order valence-electron chi connectivity index (χ2n) is 9.24. The van der Waals surface area contributed by atoms with Crippen LogP contribution in [0.1, 0.15) is 45.6 Å². The minimum atomic E-state index is -0.796. The third-order valence-electron chi connectivity index (χ3n) is 6.56. The van der Waals surface area contributed by atoms with E-state index in [4.69, 9.17) is 9.84 Å². The van der Waals surface area contributed by atoms with E-state index in [0.717, 1.165) is 39.0 Å². The third-order valence-corrected chi connectivity index (χ3v) is 6.56. The first-order valence-corrected chi connectivity index (χ1v) is 12.3. The molecule has 0 bridgehead atoms. The molecule has 1 aliphatic heterocycles. The van der Waals surface area contributed by atoms with Crippen LogP contribution >= 0.6 is 0 Å². The Bertz CT molecular complexity index is 1730. The summed E-state index contributed by atoms with van der Waals surface area (Å²) >= 11 is 0. The molecule has 5 aromatic rings. The maximum atomic E-state index is 13.3. The van der Waals surface area contributed by atoms with E-state index in [2.05, 4.69) is 39.3 Å². The number of nitrogens with zero attached hydrogens (tertiary/aromatic N) is 6. The molecule has 0 fully saturated rings. The molecule has 1 aliphatic rings. The van der Waals surface area contributed by atoms with Crippen molar-refractivity contribution in [3.05, 3.63) is 107 Å². The summed E-state index contributed by atoms with van der Waals surface area (Å²) in [6, 6.07) is 25.5. The van der Waals surface area contributed by atoms with Crippen LogP contribution in [0.3, 0.4) is 0 Å². The number of amides is 1. The smallest absolute Gasteiger partial charge is 0.378 e. The van der Waals surface area contributed by atoms with Gasteiger partial charge >= 0.3 is 5.97 Å². The predicted molar refractivity (Wildman–Crippen MR) is 142 cm³/mol. The van der Waals surface area contributed by atoms with Gasteiger partial charge in [0, 0.05) is 17.8 Å². The molecule has 0 N–H and O–H groups in total. The van der Waals surface area contributed by atoms with Gasteiger partial charge in [-0.25, -0.2) is 19.3 Å². The zero-order valence-corrected chi connectivity index (χ0v) is 20.9. The van der Waals surface area contributed by atoms with E-state index in [1.54, 1.807) is 0 Å². The number of ether oxygens (including phenoxy) is 1. The number of benzene rings is 3. The highest BCUT2D eigenvalue weighted by molar-refractivity contribution is 6.05.